The minimum atomic E-state index is -0.507. The van der Waals surface area contributed by atoms with Crippen molar-refractivity contribution in [1.29, 1.82) is 0 Å². The number of rotatable bonds is 4. The third kappa shape index (κ3) is 3.47. The van der Waals surface area contributed by atoms with Crippen molar-refractivity contribution in [2.45, 2.75) is 51.6 Å². The fourth-order valence-corrected chi connectivity index (χ4v) is 2.84. The van der Waals surface area contributed by atoms with E-state index in [0.29, 0.717) is 29.1 Å². The fraction of sp³-hybridized carbons (Fsp3) is 0.615. The van der Waals surface area contributed by atoms with Crippen molar-refractivity contribution in [1.82, 2.24) is 15.1 Å². The summed E-state index contributed by atoms with van der Waals surface area (Å²) >= 11 is 5.30. The van der Waals surface area contributed by atoms with Crippen LogP contribution in [0.25, 0.3) is 0 Å². The molecule has 0 unspecified atom stereocenters. The van der Waals surface area contributed by atoms with E-state index in [1.165, 1.54) is 19.3 Å². The molecule has 0 radical (unpaired) electrons. The van der Waals surface area contributed by atoms with Crippen LogP contribution in [0, 0.1) is 0 Å². The monoisotopic (exact) mass is 295 g/mol. The topological polar surface area (TPSA) is 85.0 Å². The smallest absolute Gasteiger partial charge is 0.269 e. The highest BCUT2D eigenvalue weighted by molar-refractivity contribution is 7.80. The Morgan fingerprint density at radius 2 is 2.20 bits per heavy atom. The molecule has 1 aliphatic rings. The zero-order valence-corrected chi connectivity index (χ0v) is 12.5. The van der Waals surface area contributed by atoms with Crippen molar-refractivity contribution in [2.24, 2.45) is 5.73 Å². The number of nitrogens with one attached hydrogen (secondary N) is 2. The van der Waals surface area contributed by atoms with E-state index >= 15 is 0 Å². The van der Waals surface area contributed by atoms with Gasteiger partial charge in [0.1, 0.15) is 5.69 Å². The molecule has 0 bridgehead atoms. The van der Waals surface area contributed by atoms with Gasteiger partial charge in [0, 0.05) is 12.6 Å². The van der Waals surface area contributed by atoms with Crippen LogP contribution in [0.15, 0.2) is 6.20 Å². The molecule has 6 nitrogen and oxygen atoms in total. The van der Waals surface area contributed by atoms with E-state index in [1.54, 1.807) is 10.9 Å². The van der Waals surface area contributed by atoms with Crippen molar-refractivity contribution in [3.8, 4) is 0 Å². The van der Waals surface area contributed by atoms with Gasteiger partial charge >= 0.3 is 0 Å². The molecule has 4 N–H and O–H groups in total. The van der Waals surface area contributed by atoms with Gasteiger partial charge in [-0.15, -0.1) is 0 Å². The van der Waals surface area contributed by atoms with Gasteiger partial charge < -0.3 is 16.4 Å². The average Bonchev–Trinajstić information content (AvgIpc) is 2.82. The summed E-state index contributed by atoms with van der Waals surface area (Å²) in [5, 5.41) is 11.0. The van der Waals surface area contributed by atoms with Crippen molar-refractivity contribution >= 4 is 28.9 Å². The molecule has 1 heterocycles. The Labute approximate surface area is 124 Å². The van der Waals surface area contributed by atoms with Gasteiger partial charge in [-0.05, 0) is 32.0 Å². The highest BCUT2D eigenvalue weighted by Crippen LogP contribution is 2.18. The molecule has 110 valence electrons. The Hall–Kier alpha value is -1.63. The first-order valence-electron chi connectivity index (χ1n) is 7.05. The maximum absolute atomic E-state index is 11.5. The van der Waals surface area contributed by atoms with Gasteiger partial charge in [-0.2, -0.15) is 5.10 Å². The van der Waals surface area contributed by atoms with Crippen molar-refractivity contribution in [2.75, 3.05) is 5.32 Å². The number of nitrogens with two attached hydrogens (primary N) is 1. The van der Waals surface area contributed by atoms with E-state index in [4.69, 9.17) is 18.0 Å². The molecule has 20 heavy (non-hydrogen) atoms. The molecule has 1 aromatic rings. The SMILES string of the molecule is CCn1ncc(NC(=S)NC2CCCCC2)c1C(N)=O. The molecule has 0 saturated heterocycles. The maximum atomic E-state index is 11.5. The zero-order valence-electron chi connectivity index (χ0n) is 11.7. The minimum absolute atomic E-state index is 0.361. The average molecular weight is 295 g/mol. The van der Waals surface area contributed by atoms with Crippen molar-refractivity contribution in [3.63, 3.8) is 0 Å². The quantitative estimate of drug-likeness (QED) is 0.735. The summed E-state index contributed by atoms with van der Waals surface area (Å²) in [4.78, 5) is 11.5. The van der Waals surface area contributed by atoms with Crippen LogP contribution in [0.1, 0.15) is 49.5 Å². The van der Waals surface area contributed by atoms with Crippen LogP contribution < -0.4 is 16.4 Å². The molecular formula is C13H21N5OS. The Morgan fingerprint density at radius 3 is 2.80 bits per heavy atom. The first kappa shape index (κ1) is 14.8. The number of carbonyl (C=O) groups excluding carboxylic acids is 1. The van der Waals surface area contributed by atoms with E-state index in [1.807, 2.05) is 6.92 Å². The highest BCUT2D eigenvalue weighted by Gasteiger charge is 2.18. The number of aryl methyl sites for hydroxylation is 1. The van der Waals surface area contributed by atoms with Gasteiger partial charge in [0.05, 0.1) is 11.9 Å². The lowest BCUT2D eigenvalue weighted by Crippen LogP contribution is -2.39. The zero-order chi connectivity index (χ0) is 14.5. The van der Waals surface area contributed by atoms with Crippen LogP contribution in [0.3, 0.4) is 0 Å². The third-order valence-corrected chi connectivity index (χ3v) is 3.78. The molecule has 1 fully saturated rings. The van der Waals surface area contributed by atoms with Gasteiger partial charge in [-0.1, -0.05) is 19.3 Å². The molecule has 1 saturated carbocycles. The molecule has 7 heteroatoms. The Bertz CT molecular complexity index is 493. The van der Waals surface area contributed by atoms with Crippen LogP contribution >= 0.6 is 12.2 Å². The number of hydrogen-bond acceptors (Lipinski definition) is 3. The molecule has 1 amide bonds. The van der Waals surface area contributed by atoms with Crippen LogP contribution in [0.2, 0.25) is 0 Å². The van der Waals surface area contributed by atoms with Crippen LogP contribution in [-0.2, 0) is 6.54 Å². The Morgan fingerprint density at radius 1 is 1.50 bits per heavy atom. The standard InChI is InChI=1S/C13H21N5OS/c1-2-18-11(12(14)19)10(8-15-18)17-13(20)16-9-6-4-3-5-7-9/h8-9H,2-7H2,1H3,(H2,14,19)(H2,16,17,20). The van der Waals surface area contributed by atoms with Gasteiger partial charge in [-0.3, -0.25) is 9.48 Å². The van der Waals surface area contributed by atoms with Crippen molar-refractivity contribution < 1.29 is 4.79 Å². The summed E-state index contributed by atoms with van der Waals surface area (Å²) in [6.07, 6.45) is 7.63. The molecule has 1 aliphatic carbocycles. The van der Waals surface area contributed by atoms with Gasteiger partial charge in [0.25, 0.3) is 5.91 Å². The number of hydrogen-bond donors (Lipinski definition) is 3. The molecular weight excluding hydrogens is 274 g/mol. The molecule has 0 aliphatic heterocycles. The normalized spacial score (nSPS) is 15.8. The second-order valence-electron chi connectivity index (χ2n) is 5.02. The lowest BCUT2D eigenvalue weighted by Gasteiger charge is -2.24. The van der Waals surface area contributed by atoms with E-state index in [0.717, 1.165) is 12.8 Å². The summed E-state index contributed by atoms with van der Waals surface area (Å²) in [6, 6.07) is 0.419. The summed E-state index contributed by atoms with van der Waals surface area (Å²) in [5.74, 6) is -0.507. The Balaban J connectivity index is 2.00. The van der Waals surface area contributed by atoms with Gasteiger partial charge in [0.2, 0.25) is 0 Å². The number of thiocarbonyl (C=S) groups is 1. The number of amides is 1. The molecule has 2 rings (SSSR count). The third-order valence-electron chi connectivity index (χ3n) is 3.56. The lowest BCUT2D eigenvalue weighted by molar-refractivity contribution is 0.0991. The van der Waals surface area contributed by atoms with Crippen LogP contribution in [0.4, 0.5) is 5.69 Å². The highest BCUT2D eigenvalue weighted by atomic mass is 32.1. The summed E-state index contributed by atoms with van der Waals surface area (Å²) in [6.45, 7) is 2.49. The van der Waals surface area contributed by atoms with E-state index in [-0.39, 0.29) is 0 Å². The minimum Gasteiger partial charge on any atom is -0.364 e. The molecule has 0 atom stereocenters. The Kier molecular flexibility index (Phi) is 4.94. The summed E-state index contributed by atoms with van der Waals surface area (Å²) in [7, 11) is 0. The van der Waals surface area contributed by atoms with Crippen LogP contribution in [-0.4, -0.2) is 26.8 Å². The fourth-order valence-electron chi connectivity index (χ4n) is 2.57. The largest absolute Gasteiger partial charge is 0.364 e. The summed E-state index contributed by atoms with van der Waals surface area (Å²) in [5.41, 5.74) is 6.32. The van der Waals surface area contributed by atoms with Gasteiger partial charge in [-0.25, -0.2) is 0 Å². The first-order chi connectivity index (χ1) is 9.61. The molecule has 0 spiro atoms. The number of anilines is 1. The number of carbonyl (C=O) groups is 1. The van der Waals surface area contributed by atoms with E-state index in [2.05, 4.69) is 15.7 Å². The molecule has 1 aromatic heterocycles. The maximum Gasteiger partial charge on any atom is 0.269 e. The summed E-state index contributed by atoms with van der Waals surface area (Å²) < 4.78 is 1.56. The number of aromatic nitrogens is 2. The predicted octanol–water partition coefficient (Wildman–Crippen LogP) is 1.62. The lowest BCUT2D eigenvalue weighted by atomic mass is 9.96. The first-order valence-corrected chi connectivity index (χ1v) is 7.45. The second-order valence-corrected chi connectivity index (χ2v) is 5.43. The van der Waals surface area contributed by atoms with E-state index in [9.17, 15) is 4.79 Å². The number of primary amides is 1. The predicted molar refractivity (Wildman–Crippen MR) is 82.6 cm³/mol. The van der Waals surface area contributed by atoms with E-state index < -0.39 is 5.91 Å². The number of nitrogens with zero attached hydrogens (tertiary/aromatic N) is 2. The molecule has 0 aromatic carbocycles. The second kappa shape index (κ2) is 6.69. The van der Waals surface area contributed by atoms with Gasteiger partial charge in [0.15, 0.2) is 5.11 Å². The van der Waals surface area contributed by atoms with Crippen LogP contribution in [0.5, 0.6) is 0 Å². The van der Waals surface area contributed by atoms with Crippen molar-refractivity contribution in [3.05, 3.63) is 11.9 Å².